The van der Waals surface area contributed by atoms with E-state index in [1.54, 1.807) is 0 Å². The largest absolute Gasteiger partial charge is 0.354 e. The second-order valence-electron chi connectivity index (χ2n) is 4.85. The first kappa shape index (κ1) is 15.7. The number of primary amides is 1. The van der Waals surface area contributed by atoms with E-state index >= 15 is 0 Å². The molecule has 0 aromatic carbocycles. The number of rotatable bonds is 7. The third kappa shape index (κ3) is 6.81. The quantitative estimate of drug-likeness (QED) is 0.628. The van der Waals surface area contributed by atoms with Crippen LogP contribution in [0.5, 0.6) is 0 Å². The minimum atomic E-state index is -0.658. The van der Waals surface area contributed by atoms with Crippen molar-refractivity contribution in [1.29, 1.82) is 0 Å². The van der Waals surface area contributed by atoms with Crippen LogP contribution < -0.4 is 16.4 Å². The number of urea groups is 1. The van der Waals surface area contributed by atoms with Crippen molar-refractivity contribution in [2.45, 2.75) is 46.6 Å². The number of nitrogens with one attached hydrogen (secondary N) is 2. The highest BCUT2D eigenvalue weighted by Gasteiger charge is 2.24. The predicted molar refractivity (Wildman–Crippen MR) is 68.4 cm³/mol. The number of carbonyl (C=O) groups excluding carboxylic acids is 2. The van der Waals surface area contributed by atoms with Crippen molar-refractivity contribution >= 4 is 11.9 Å². The molecule has 0 aliphatic heterocycles. The molecule has 5 nitrogen and oxygen atoms in total. The second-order valence-corrected chi connectivity index (χ2v) is 4.85. The van der Waals surface area contributed by atoms with Crippen LogP contribution in [0.15, 0.2) is 0 Å². The lowest BCUT2D eigenvalue weighted by atomic mass is 9.98. The molecule has 0 aliphatic rings. The first-order valence-corrected chi connectivity index (χ1v) is 6.22. The fraction of sp³-hybridized carbons (Fsp3) is 0.833. The molecule has 0 fully saturated rings. The molecule has 0 aliphatic carbocycles. The summed E-state index contributed by atoms with van der Waals surface area (Å²) in [7, 11) is 0. The molecule has 0 heterocycles. The van der Waals surface area contributed by atoms with Crippen molar-refractivity contribution in [3.8, 4) is 0 Å². The van der Waals surface area contributed by atoms with Crippen LogP contribution in [0, 0.1) is 11.8 Å². The van der Waals surface area contributed by atoms with E-state index in [-0.39, 0.29) is 11.8 Å². The van der Waals surface area contributed by atoms with Gasteiger partial charge in [-0.2, -0.15) is 0 Å². The van der Waals surface area contributed by atoms with Gasteiger partial charge in [-0.15, -0.1) is 0 Å². The normalized spacial score (nSPS) is 14.2. The Bertz CT molecular complexity index is 254. The van der Waals surface area contributed by atoms with Crippen LogP contribution in [0.2, 0.25) is 0 Å². The van der Waals surface area contributed by atoms with Crippen molar-refractivity contribution < 1.29 is 9.59 Å². The van der Waals surface area contributed by atoms with Gasteiger partial charge in [0.05, 0.1) is 0 Å². The van der Waals surface area contributed by atoms with Gasteiger partial charge in [-0.25, -0.2) is 4.79 Å². The van der Waals surface area contributed by atoms with Gasteiger partial charge in [0.1, 0.15) is 6.04 Å². The third-order valence-electron chi connectivity index (χ3n) is 2.81. The average Bonchev–Trinajstić information content (AvgIpc) is 2.23. The summed E-state index contributed by atoms with van der Waals surface area (Å²) in [4.78, 5) is 22.7. The molecule has 0 saturated heterocycles. The van der Waals surface area contributed by atoms with E-state index < -0.39 is 12.1 Å². The molecule has 0 rings (SSSR count). The third-order valence-corrected chi connectivity index (χ3v) is 2.81. The van der Waals surface area contributed by atoms with Crippen LogP contribution in [0.3, 0.4) is 0 Å². The Labute approximate surface area is 104 Å². The maximum Gasteiger partial charge on any atom is 0.312 e. The number of carbonyl (C=O) groups is 2. The summed E-state index contributed by atoms with van der Waals surface area (Å²) < 4.78 is 0. The minimum Gasteiger partial charge on any atom is -0.354 e. The fourth-order valence-electron chi connectivity index (χ4n) is 1.45. The van der Waals surface area contributed by atoms with E-state index in [4.69, 9.17) is 5.73 Å². The van der Waals surface area contributed by atoms with Crippen LogP contribution in [-0.2, 0) is 4.79 Å². The monoisotopic (exact) mass is 243 g/mol. The highest BCUT2D eigenvalue weighted by atomic mass is 16.2. The summed E-state index contributed by atoms with van der Waals surface area (Å²) in [6.45, 7) is 8.72. The Morgan fingerprint density at radius 1 is 1.24 bits per heavy atom. The van der Waals surface area contributed by atoms with Gasteiger partial charge in [0, 0.05) is 6.54 Å². The molecule has 0 bridgehead atoms. The van der Waals surface area contributed by atoms with E-state index in [9.17, 15) is 9.59 Å². The zero-order chi connectivity index (χ0) is 13.4. The summed E-state index contributed by atoms with van der Waals surface area (Å²) in [5.41, 5.74) is 5.07. The van der Waals surface area contributed by atoms with E-state index in [1.807, 2.05) is 13.8 Å². The van der Waals surface area contributed by atoms with Gasteiger partial charge in [0.25, 0.3) is 0 Å². The zero-order valence-corrected chi connectivity index (χ0v) is 11.2. The van der Waals surface area contributed by atoms with Crippen molar-refractivity contribution in [1.82, 2.24) is 10.6 Å². The summed E-state index contributed by atoms with van der Waals surface area (Å²) >= 11 is 0. The number of nitrogens with two attached hydrogens (primary N) is 1. The lowest BCUT2D eigenvalue weighted by Gasteiger charge is -2.22. The molecular formula is C12H25N3O2. The van der Waals surface area contributed by atoms with Crippen molar-refractivity contribution in [2.24, 2.45) is 17.6 Å². The Morgan fingerprint density at radius 3 is 2.24 bits per heavy atom. The van der Waals surface area contributed by atoms with Crippen molar-refractivity contribution in [3.63, 3.8) is 0 Å². The highest BCUT2D eigenvalue weighted by molar-refractivity contribution is 5.86. The first-order valence-electron chi connectivity index (χ1n) is 6.22. The molecule has 5 heteroatoms. The smallest absolute Gasteiger partial charge is 0.312 e. The summed E-state index contributed by atoms with van der Waals surface area (Å²) in [6, 6.07) is -1.20. The molecule has 0 aromatic heterocycles. The maximum absolute atomic E-state index is 11.9. The van der Waals surface area contributed by atoms with Gasteiger partial charge < -0.3 is 16.4 Å². The lowest BCUT2D eigenvalue weighted by molar-refractivity contribution is -0.124. The maximum atomic E-state index is 11.9. The van der Waals surface area contributed by atoms with Crippen LogP contribution in [-0.4, -0.2) is 24.5 Å². The van der Waals surface area contributed by atoms with Crippen molar-refractivity contribution in [3.05, 3.63) is 0 Å². The molecule has 100 valence electrons. The van der Waals surface area contributed by atoms with Gasteiger partial charge in [-0.3, -0.25) is 4.79 Å². The second kappa shape index (κ2) is 7.92. The molecule has 0 unspecified atom stereocenters. The molecule has 0 spiro atoms. The van der Waals surface area contributed by atoms with Crippen LogP contribution in [0.1, 0.15) is 40.5 Å². The molecule has 4 N–H and O–H groups in total. The minimum absolute atomic E-state index is 0.0709. The number of hydrogen-bond acceptors (Lipinski definition) is 2. The van der Waals surface area contributed by atoms with Gasteiger partial charge in [-0.1, -0.05) is 34.1 Å². The van der Waals surface area contributed by atoms with E-state index in [0.717, 1.165) is 12.8 Å². The highest BCUT2D eigenvalue weighted by Crippen LogP contribution is 2.08. The molecular weight excluding hydrogens is 218 g/mol. The molecule has 0 aromatic rings. The van der Waals surface area contributed by atoms with E-state index in [0.29, 0.717) is 12.5 Å². The Kier molecular flexibility index (Phi) is 7.34. The van der Waals surface area contributed by atoms with Gasteiger partial charge in [-0.05, 0) is 18.3 Å². The lowest BCUT2D eigenvalue weighted by Crippen LogP contribution is -2.52. The molecule has 17 heavy (non-hydrogen) atoms. The summed E-state index contributed by atoms with van der Waals surface area (Å²) in [5, 5.41) is 5.32. The zero-order valence-electron chi connectivity index (χ0n) is 11.2. The predicted octanol–water partition coefficient (Wildman–Crippen LogP) is 1.23. The molecule has 3 amide bonds. The van der Waals surface area contributed by atoms with Crippen LogP contribution >= 0.6 is 0 Å². The Morgan fingerprint density at radius 2 is 1.82 bits per heavy atom. The summed E-state index contributed by atoms with van der Waals surface area (Å²) in [5.74, 6) is 0.460. The van der Waals surface area contributed by atoms with Crippen LogP contribution in [0.4, 0.5) is 4.79 Å². The molecule has 2 atom stereocenters. The van der Waals surface area contributed by atoms with E-state index in [2.05, 4.69) is 24.5 Å². The molecule has 0 radical (unpaired) electrons. The van der Waals surface area contributed by atoms with Gasteiger partial charge >= 0.3 is 6.03 Å². The summed E-state index contributed by atoms with van der Waals surface area (Å²) in [6.07, 6.45) is 1.73. The number of hydrogen-bond donors (Lipinski definition) is 3. The number of amides is 3. The Hall–Kier alpha value is -1.26. The van der Waals surface area contributed by atoms with Crippen LogP contribution in [0.25, 0.3) is 0 Å². The fourth-order valence-corrected chi connectivity index (χ4v) is 1.45. The topological polar surface area (TPSA) is 84.2 Å². The van der Waals surface area contributed by atoms with Crippen molar-refractivity contribution in [2.75, 3.05) is 6.54 Å². The average molecular weight is 243 g/mol. The van der Waals surface area contributed by atoms with E-state index in [1.165, 1.54) is 0 Å². The SMILES string of the molecule is CC[C@H](C)[C@H](NC(N)=O)C(=O)NCCC(C)C. The molecule has 0 saturated carbocycles. The van der Waals surface area contributed by atoms with Gasteiger partial charge in [0.2, 0.25) is 5.91 Å². The first-order chi connectivity index (χ1) is 7.88. The van der Waals surface area contributed by atoms with Gasteiger partial charge in [0.15, 0.2) is 0 Å². The Balaban J connectivity index is 4.27. The standard InChI is InChI=1S/C12H25N3O2/c1-5-9(4)10(15-12(13)17)11(16)14-7-6-8(2)3/h8-10H,5-7H2,1-4H3,(H,14,16)(H3,13,15,17)/t9-,10-/m0/s1.